The van der Waals surface area contributed by atoms with Gasteiger partial charge in [0, 0.05) is 6.08 Å². The van der Waals surface area contributed by atoms with Crippen LogP contribution in [-0.2, 0) is 33.3 Å². The fourth-order valence-electron chi connectivity index (χ4n) is 4.29. The second-order valence-electron chi connectivity index (χ2n) is 8.90. The van der Waals surface area contributed by atoms with E-state index >= 15 is 0 Å². The molecule has 1 N–H and O–H groups in total. The molecule has 0 spiro atoms. The van der Waals surface area contributed by atoms with E-state index in [4.69, 9.17) is 19.3 Å². The van der Waals surface area contributed by atoms with Gasteiger partial charge in [-0.05, 0) is 75.6 Å². The second kappa shape index (κ2) is 12.9. The highest BCUT2D eigenvalue weighted by atomic mass is 16.6. The maximum Gasteiger partial charge on any atom is 0.344 e. The summed E-state index contributed by atoms with van der Waals surface area (Å²) in [6, 6.07) is 5.99. The lowest BCUT2D eigenvalue weighted by Gasteiger charge is -2.28. The zero-order valence-electron chi connectivity index (χ0n) is 19.9. The Morgan fingerprint density at radius 3 is 1.58 bits per heavy atom. The van der Waals surface area contributed by atoms with E-state index in [1.54, 1.807) is 0 Å². The molecule has 0 aliphatic heterocycles. The first-order valence-corrected chi connectivity index (χ1v) is 12.0. The third-order valence-electron chi connectivity index (χ3n) is 6.35. The van der Waals surface area contributed by atoms with E-state index in [-0.39, 0.29) is 24.2 Å². The standard InChI is InChI=1S/C26H30O10/c1-2-22(27)33-15-23(28)34-19-11-13-21(14-12-19)36-26(32)18-5-3-17(4-6-18)25(31)35-20-9-7-16(8-10-20)24(29)30/h2-6,16,19-21H,1,7-15H2,(H,29,30). The largest absolute Gasteiger partial charge is 0.481 e. The third-order valence-corrected chi connectivity index (χ3v) is 6.35. The summed E-state index contributed by atoms with van der Waals surface area (Å²) in [7, 11) is 0. The number of esters is 4. The molecule has 0 saturated heterocycles. The van der Waals surface area contributed by atoms with Gasteiger partial charge >= 0.3 is 29.8 Å². The fraction of sp³-hybridized carbons (Fsp3) is 0.500. The number of ether oxygens (including phenoxy) is 4. The van der Waals surface area contributed by atoms with Crippen molar-refractivity contribution in [1.82, 2.24) is 0 Å². The molecule has 0 radical (unpaired) electrons. The maximum absolute atomic E-state index is 12.5. The van der Waals surface area contributed by atoms with Crippen LogP contribution in [0.1, 0.15) is 72.1 Å². The molecule has 1 aromatic carbocycles. The summed E-state index contributed by atoms with van der Waals surface area (Å²) >= 11 is 0. The van der Waals surface area contributed by atoms with Crippen LogP contribution in [0, 0.1) is 5.92 Å². The number of carbonyl (C=O) groups is 5. The molecule has 2 saturated carbocycles. The van der Waals surface area contributed by atoms with Crippen molar-refractivity contribution in [1.29, 1.82) is 0 Å². The highest BCUT2D eigenvalue weighted by molar-refractivity contribution is 5.93. The minimum atomic E-state index is -0.817. The van der Waals surface area contributed by atoms with Crippen molar-refractivity contribution >= 4 is 29.8 Å². The van der Waals surface area contributed by atoms with Crippen LogP contribution in [0.25, 0.3) is 0 Å². The Morgan fingerprint density at radius 1 is 0.750 bits per heavy atom. The van der Waals surface area contributed by atoms with Gasteiger partial charge < -0.3 is 24.1 Å². The topological polar surface area (TPSA) is 142 Å². The van der Waals surface area contributed by atoms with Crippen LogP contribution >= 0.6 is 0 Å². The molecular weight excluding hydrogens is 472 g/mol. The minimum absolute atomic E-state index is 0.297. The molecule has 0 amide bonds. The maximum atomic E-state index is 12.5. The van der Waals surface area contributed by atoms with E-state index in [2.05, 4.69) is 11.3 Å². The summed E-state index contributed by atoms with van der Waals surface area (Å²) in [5.74, 6) is -3.57. The number of hydrogen-bond acceptors (Lipinski definition) is 9. The van der Waals surface area contributed by atoms with Gasteiger partial charge in [0.05, 0.1) is 17.0 Å². The third kappa shape index (κ3) is 7.93. The van der Waals surface area contributed by atoms with Crippen molar-refractivity contribution in [3.05, 3.63) is 48.0 Å². The highest BCUT2D eigenvalue weighted by Gasteiger charge is 2.29. The number of carboxylic acids is 1. The normalized spacial score (nSPS) is 23.6. The van der Waals surface area contributed by atoms with Crippen LogP contribution in [0.15, 0.2) is 36.9 Å². The number of hydrogen-bond donors (Lipinski definition) is 1. The summed E-state index contributed by atoms with van der Waals surface area (Å²) in [5.41, 5.74) is 0.596. The van der Waals surface area contributed by atoms with E-state index < -0.39 is 36.5 Å². The van der Waals surface area contributed by atoms with Crippen LogP contribution in [0.5, 0.6) is 0 Å². The molecule has 0 unspecified atom stereocenters. The molecule has 1 aromatic rings. The van der Waals surface area contributed by atoms with E-state index in [1.165, 1.54) is 24.3 Å². The number of carboxylic acid groups (broad SMARTS) is 1. The van der Waals surface area contributed by atoms with Crippen LogP contribution in [-0.4, -0.2) is 59.9 Å². The zero-order valence-corrected chi connectivity index (χ0v) is 19.9. The lowest BCUT2D eigenvalue weighted by Crippen LogP contribution is -2.31. The lowest BCUT2D eigenvalue weighted by atomic mass is 9.87. The Bertz CT molecular complexity index is 967. The Kier molecular flexibility index (Phi) is 9.61. The van der Waals surface area contributed by atoms with Gasteiger partial charge in [0.2, 0.25) is 0 Å². The molecule has 0 heterocycles. The Labute approximate surface area is 208 Å². The van der Waals surface area contributed by atoms with Gasteiger partial charge in [0.15, 0.2) is 6.61 Å². The Morgan fingerprint density at radius 2 is 1.17 bits per heavy atom. The second-order valence-corrected chi connectivity index (χ2v) is 8.90. The molecule has 2 aliphatic rings. The molecule has 3 rings (SSSR count). The molecule has 0 atom stereocenters. The summed E-state index contributed by atoms with van der Waals surface area (Å²) in [4.78, 5) is 58.7. The Hall–Kier alpha value is -3.69. The summed E-state index contributed by atoms with van der Waals surface area (Å²) < 4.78 is 20.9. The molecular formula is C26H30O10. The molecule has 10 heteroatoms. The predicted molar refractivity (Wildman–Crippen MR) is 124 cm³/mol. The molecule has 0 bridgehead atoms. The number of carbonyl (C=O) groups excluding carboxylic acids is 4. The highest BCUT2D eigenvalue weighted by Crippen LogP contribution is 2.27. The molecule has 10 nitrogen and oxygen atoms in total. The molecule has 36 heavy (non-hydrogen) atoms. The van der Waals surface area contributed by atoms with Gasteiger partial charge in [-0.1, -0.05) is 6.58 Å². The molecule has 2 fully saturated rings. The Balaban J connectivity index is 1.39. The first-order chi connectivity index (χ1) is 17.2. The smallest absolute Gasteiger partial charge is 0.344 e. The van der Waals surface area contributed by atoms with Crippen molar-refractivity contribution in [2.75, 3.05) is 6.61 Å². The quantitative estimate of drug-likeness (QED) is 0.304. The summed E-state index contributed by atoms with van der Waals surface area (Å²) in [6.45, 7) is 2.77. The molecule has 2 aliphatic carbocycles. The van der Waals surface area contributed by atoms with Crippen LogP contribution in [0.4, 0.5) is 0 Å². The van der Waals surface area contributed by atoms with E-state index in [0.717, 1.165) is 6.08 Å². The van der Waals surface area contributed by atoms with Crippen molar-refractivity contribution in [2.24, 2.45) is 5.92 Å². The van der Waals surface area contributed by atoms with Crippen molar-refractivity contribution in [2.45, 2.75) is 69.7 Å². The van der Waals surface area contributed by atoms with Crippen molar-refractivity contribution in [3.63, 3.8) is 0 Å². The summed E-state index contributed by atoms with van der Waals surface area (Å²) in [5, 5.41) is 9.06. The van der Waals surface area contributed by atoms with Crippen molar-refractivity contribution in [3.8, 4) is 0 Å². The number of rotatable bonds is 9. The first-order valence-electron chi connectivity index (χ1n) is 12.0. The lowest BCUT2D eigenvalue weighted by molar-refractivity contribution is -0.162. The van der Waals surface area contributed by atoms with Gasteiger partial charge in [0.1, 0.15) is 18.3 Å². The first kappa shape index (κ1) is 26.9. The monoisotopic (exact) mass is 502 g/mol. The van der Waals surface area contributed by atoms with Crippen LogP contribution in [0.3, 0.4) is 0 Å². The average molecular weight is 503 g/mol. The van der Waals surface area contributed by atoms with Gasteiger partial charge in [-0.2, -0.15) is 0 Å². The molecule has 0 aromatic heterocycles. The van der Waals surface area contributed by atoms with Gasteiger partial charge in [-0.25, -0.2) is 19.2 Å². The number of benzene rings is 1. The predicted octanol–water partition coefficient (Wildman–Crippen LogP) is 3.23. The SMILES string of the molecule is C=CC(=O)OCC(=O)OC1CCC(OC(=O)c2ccc(C(=O)OC3CCC(C(=O)O)CC3)cc2)CC1. The van der Waals surface area contributed by atoms with Crippen LogP contribution in [0.2, 0.25) is 0 Å². The molecule has 194 valence electrons. The minimum Gasteiger partial charge on any atom is -0.481 e. The van der Waals surface area contributed by atoms with Crippen molar-refractivity contribution < 1.29 is 48.0 Å². The van der Waals surface area contributed by atoms with E-state index in [1.807, 2.05) is 0 Å². The van der Waals surface area contributed by atoms with Crippen LogP contribution < -0.4 is 0 Å². The summed E-state index contributed by atoms with van der Waals surface area (Å²) in [6.07, 6.45) is 4.04. The van der Waals surface area contributed by atoms with E-state index in [9.17, 15) is 24.0 Å². The van der Waals surface area contributed by atoms with Gasteiger partial charge in [-0.3, -0.25) is 4.79 Å². The van der Waals surface area contributed by atoms with E-state index in [0.29, 0.717) is 62.5 Å². The van der Waals surface area contributed by atoms with Gasteiger partial charge in [0.25, 0.3) is 0 Å². The fourth-order valence-corrected chi connectivity index (χ4v) is 4.29. The number of aliphatic carboxylic acids is 1. The van der Waals surface area contributed by atoms with Gasteiger partial charge in [-0.15, -0.1) is 0 Å². The zero-order chi connectivity index (χ0) is 26.1. The average Bonchev–Trinajstić information content (AvgIpc) is 2.88.